The minimum Gasteiger partial charge on any atom is -0.406 e. The number of carbonyl (C=O) groups is 1. The summed E-state index contributed by atoms with van der Waals surface area (Å²) in [5.41, 5.74) is 1.89. The van der Waals surface area contributed by atoms with Crippen molar-refractivity contribution in [1.29, 1.82) is 0 Å². The Morgan fingerprint density at radius 2 is 1.69 bits per heavy atom. The van der Waals surface area contributed by atoms with Crippen molar-refractivity contribution in [1.82, 2.24) is 4.57 Å². The molecular formula is C21H13ClF2N2O3. The zero-order valence-electron chi connectivity index (χ0n) is 15.0. The van der Waals surface area contributed by atoms with Gasteiger partial charge >= 0.3 is 5.76 Å². The molecule has 0 aliphatic rings. The highest BCUT2D eigenvalue weighted by Crippen LogP contribution is 2.34. The standard InChI is InChI=1S/C21H13ClF2N2O3/c1-26-16-10-9-13(18(22)19(16)29-21(26)28)11-5-7-12(8-6-11)25-20(27)17-14(23)3-2-4-15(17)24/h2-10H,1H3,(H,25,27). The predicted octanol–water partition coefficient (Wildman–Crippen LogP) is 4.98. The summed E-state index contributed by atoms with van der Waals surface area (Å²) in [6.45, 7) is 0. The maximum absolute atomic E-state index is 13.7. The van der Waals surface area contributed by atoms with Crippen LogP contribution in [0.5, 0.6) is 0 Å². The van der Waals surface area contributed by atoms with Gasteiger partial charge in [0.25, 0.3) is 5.91 Å². The zero-order valence-corrected chi connectivity index (χ0v) is 15.8. The SMILES string of the molecule is Cn1c(=O)oc2c(Cl)c(-c3ccc(NC(=O)c4c(F)cccc4F)cc3)ccc21. The van der Waals surface area contributed by atoms with Crippen molar-refractivity contribution in [3.63, 3.8) is 0 Å². The lowest BCUT2D eigenvalue weighted by molar-refractivity contribution is 0.101. The molecule has 0 unspecified atom stereocenters. The molecule has 0 aliphatic carbocycles. The fraction of sp³-hybridized carbons (Fsp3) is 0.0476. The zero-order chi connectivity index (χ0) is 20.7. The first-order valence-corrected chi connectivity index (χ1v) is 8.88. The number of hydrogen-bond acceptors (Lipinski definition) is 3. The number of fused-ring (bicyclic) bond motifs is 1. The molecule has 4 aromatic rings. The van der Waals surface area contributed by atoms with Crippen LogP contribution in [-0.2, 0) is 7.05 Å². The van der Waals surface area contributed by atoms with Gasteiger partial charge in [0.2, 0.25) is 0 Å². The van der Waals surface area contributed by atoms with E-state index in [1.54, 1.807) is 43.4 Å². The van der Waals surface area contributed by atoms with Crippen molar-refractivity contribution in [2.45, 2.75) is 0 Å². The Kier molecular flexibility index (Phi) is 4.68. The highest BCUT2D eigenvalue weighted by atomic mass is 35.5. The Hall–Kier alpha value is -3.45. The van der Waals surface area contributed by atoms with Gasteiger partial charge in [0, 0.05) is 18.3 Å². The van der Waals surface area contributed by atoms with Crippen LogP contribution in [0.25, 0.3) is 22.2 Å². The van der Waals surface area contributed by atoms with E-state index in [2.05, 4.69) is 5.32 Å². The molecule has 0 saturated carbocycles. The topological polar surface area (TPSA) is 64.2 Å². The average molecular weight is 415 g/mol. The molecule has 0 radical (unpaired) electrons. The van der Waals surface area contributed by atoms with Crippen LogP contribution in [0.4, 0.5) is 14.5 Å². The fourth-order valence-corrected chi connectivity index (χ4v) is 3.33. The van der Waals surface area contributed by atoms with E-state index >= 15 is 0 Å². The van der Waals surface area contributed by atoms with Gasteiger partial charge in [-0.2, -0.15) is 0 Å². The van der Waals surface area contributed by atoms with Gasteiger partial charge in [-0.05, 0) is 35.9 Å². The average Bonchev–Trinajstić information content (AvgIpc) is 2.98. The van der Waals surface area contributed by atoms with Crippen molar-refractivity contribution in [3.8, 4) is 11.1 Å². The van der Waals surface area contributed by atoms with E-state index in [1.807, 2.05) is 0 Å². The third kappa shape index (κ3) is 3.30. The second-order valence-electron chi connectivity index (χ2n) is 6.33. The smallest absolute Gasteiger partial charge is 0.406 e. The monoisotopic (exact) mass is 414 g/mol. The third-order valence-electron chi connectivity index (χ3n) is 4.54. The van der Waals surface area contributed by atoms with E-state index in [0.717, 1.165) is 12.1 Å². The highest BCUT2D eigenvalue weighted by molar-refractivity contribution is 6.37. The Morgan fingerprint density at radius 1 is 1.03 bits per heavy atom. The van der Waals surface area contributed by atoms with Gasteiger partial charge in [0.15, 0.2) is 5.58 Å². The largest absolute Gasteiger partial charge is 0.419 e. The molecule has 8 heteroatoms. The minimum atomic E-state index is -0.941. The van der Waals surface area contributed by atoms with Crippen LogP contribution in [0.1, 0.15) is 10.4 Å². The highest BCUT2D eigenvalue weighted by Gasteiger charge is 2.18. The number of benzene rings is 3. The summed E-state index contributed by atoms with van der Waals surface area (Å²) in [7, 11) is 1.58. The maximum atomic E-state index is 13.7. The molecule has 0 aliphatic heterocycles. The number of amides is 1. The molecule has 3 aromatic carbocycles. The Bertz CT molecular complexity index is 1290. The number of oxazole rings is 1. The van der Waals surface area contributed by atoms with Gasteiger partial charge < -0.3 is 9.73 Å². The fourth-order valence-electron chi connectivity index (χ4n) is 3.03. The molecule has 1 N–H and O–H groups in total. The molecule has 0 saturated heterocycles. The van der Waals surface area contributed by atoms with Gasteiger partial charge in [-0.25, -0.2) is 13.6 Å². The van der Waals surface area contributed by atoms with Crippen molar-refractivity contribution >= 4 is 34.3 Å². The number of nitrogens with zero attached hydrogens (tertiary/aromatic N) is 1. The van der Waals surface area contributed by atoms with Gasteiger partial charge in [-0.3, -0.25) is 9.36 Å². The number of nitrogens with one attached hydrogen (secondary N) is 1. The number of aryl methyl sites for hydroxylation is 1. The molecule has 0 fully saturated rings. The number of carbonyl (C=O) groups excluding carboxylic acids is 1. The van der Waals surface area contributed by atoms with Crippen molar-refractivity contribution in [2.24, 2.45) is 7.05 Å². The molecule has 0 bridgehead atoms. The predicted molar refractivity (Wildman–Crippen MR) is 106 cm³/mol. The van der Waals surface area contributed by atoms with Crippen molar-refractivity contribution in [2.75, 3.05) is 5.32 Å². The first kappa shape index (κ1) is 18.9. The Morgan fingerprint density at radius 3 is 2.34 bits per heavy atom. The van der Waals surface area contributed by atoms with E-state index < -0.39 is 28.9 Å². The lowest BCUT2D eigenvalue weighted by Gasteiger charge is -2.09. The van der Waals surface area contributed by atoms with Crippen molar-refractivity contribution < 1.29 is 18.0 Å². The third-order valence-corrected chi connectivity index (χ3v) is 4.92. The molecule has 0 spiro atoms. The van der Waals surface area contributed by atoms with Crippen molar-refractivity contribution in [3.05, 3.63) is 87.4 Å². The first-order valence-electron chi connectivity index (χ1n) is 8.50. The number of hydrogen-bond donors (Lipinski definition) is 1. The van der Waals surface area contributed by atoms with Crippen LogP contribution in [-0.4, -0.2) is 10.5 Å². The van der Waals surface area contributed by atoms with Crippen LogP contribution >= 0.6 is 11.6 Å². The summed E-state index contributed by atoms with van der Waals surface area (Å²) in [6.07, 6.45) is 0. The number of rotatable bonds is 3. The van der Waals surface area contributed by atoms with E-state index in [4.69, 9.17) is 16.0 Å². The number of halogens is 3. The molecule has 1 amide bonds. The van der Waals surface area contributed by atoms with E-state index in [1.165, 1.54) is 10.6 Å². The summed E-state index contributed by atoms with van der Waals surface area (Å²) in [5.74, 6) is -3.29. The van der Waals surface area contributed by atoms with Crippen LogP contribution in [0.15, 0.2) is 63.8 Å². The quantitative estimate of drug-likeness (QED) is 0.514. The van der Waals surface area contributed by atoms with Crippen LogP contribution in [0, 0.1) is 11.6 Å². The second-order valence-corrected chi connectivity index (χ2v) is 6.71. The summed E-state index contributed by atoms with van der Waals surface area (Å²) < 4.78 is 34.0. The maximum Gasteiger partial charge on any atom is 0.419 e. The summed E-state index contributed by atoms with van der Waals surface area (Å²) >= 11 is 6.40. The lowest BCUT2D eigenvalue weighted by atomic mass is 10.0. The summed E-state index contributed by atoms with van der Waals surface area (Å²) in [4.78, 5) is 23.9. The normalized spacial score (nSPS) is 11.0. The Balaban J connectivity index is 1.63. The summed E-state index contributed by atoms with van der Waals surface area (Å²) in [6, 6.07) is 13.2. The Labute approximate surface area is 168 Å². The minimum absolute atomic E-state index is 0.282. The molecule has 146 valence electrons. The van der Waals surface area contributed by atoms with E-state index in [9.17, 15) is 18.4 Å². The van der Waals surface area contributed by atoms with Crippen LogP contribution in [0.2, 0.25) is 5.02 Å². The second kappa shape index (κ2) is 7.18. The molecule has 4 rings (SSSR count). The van der Waals surface area contributed by atoms with Crippen LogP contribution < -0.4 is 11.1 Å². The van der Waals surface area contributed by atoms with Gasteiger partial charge in [0.05, 0.1) is 10.5 Å². The van der Waals surface area contributed by atoms with Gasteiger partial charge in [-0.15, -0.1) is 0 Å². The molecule has 29 heavy (non-hydrogen) atoms. The first-order chi connectivity index (χ1) is 13.9. The summed E-state index contributed by atoms with van der Waals surface area (Å²) in [5, 5.41) is 2.74. The van der Waals surface area contributed by atoms with Crippen LogP contribution in [0.3, 0.4) is 0 Å². The molecule has 5 nitrogen and oxygen atoms in total. The molecule has 1 aromatic heterocycles. The molecule has 1 heterocycles. The number of aromatic nitrogens is 1. The lowest BCUT2D eigenvalue weighted by Crippen LogP contribution is -2.15. The van der Waals surface area contributed by atoms with Gasteiger partial charge in [-0.1, -0.05) is 35.9 Å². The van der Waals surface area contributed by atoms with E-state index in [0.29, 0.717) is 22.3 Å². The molecular weight excluding hydrogens is 402 g/mol. The van der Waals surface area contributed by atoms with E-state index in [-0.39, 0.29) is 10.6 Å². The number of anilines is 1. The molecule has 0 atom stereocenters. The van der Waals surface area contributed by atoms with Gasteiger partial charge in [0.1, 0.15) is 17.2 Å².